The molecule has 1 saturated heterocycles. The molecule has 0 spiro atoms. The van der Waals surface area contributed by atoms with Crippen LogP contribution < -0.4 is 10.6 Å². The van der Waals surface area contributed by atoms with Crippen LogP contribution in [0.4, 0.5) is 0 Å². The molecule has 7 heteroatoms. The lowest BCUT2D eigenvalue weighted by molar-refractivity contribution is -0.159. The first-order chi connectivity index (χ1) is 11.1. The number of esters is 1. The SMILES string of the molecule is CC(=O)N[C@H]1CN[C@H](C(=O)OC(C)(C)C)C[C@@H]1O[Si](C)(C)C(C)(C)C. The van der Waals surface area contributed by atoms with Gasteiger partial charge in [0.05, 0.1) is 12.1 Å². The predicted molar refractivity (Wildman–Crippen MR) is 102 cm³/mol. The van der Waals surface area contributed by atoms with Gasteiger partial charge in [-0.25, -0.2) is 0 Å². The molecule has 2 N–H and O–H groups in total. The van der Waals surface area contributed by atoms with Crippen LogP contribution in [0.15, 0.2) is 0 Å². The average Bonchev–Trinajstić information content (AvgIpc) is 2.36. The number of ether oxygens (including phenoxy) is 1. The summed E-state index contributed by atoms with van der Waals surface area (Å²) in [5, 5.41) is 6.21. The predicted octanol–water partition coefficient (Wildman–Crippen LogP) is 2.59. The van der Waals surface area contributed by atoms with E-state index in [2.05, 4.69) is 44.5 Å². The number of piperidine rings is 1. The highest BCUT2D eigenvalue weighted by Gasteiger charge is 2.44. The van der Waals surface area contributed by atoms with Crippen molar-refractivity contribution in [3.63, 3.8) is 0 Å². The van der Waals surface area contributed by atoms with Gasteiger partial charge in [0.2, 0.25) is 5.91 Å². The fourth-order valence-corrected chi connectivity index (χ4v) is 3.89. The van der Waals surface area contributed by atoms with Crippen molar-refractivity contribution in [2.24, 2.45) is 0 Å². The van der Waals surface area contributed by atoms with Crippen molar-refractivity contribution in [3.05, 3.63) is 0 Å². The average molecular weight is 373 g/mol. The first kappa shape index (κ1) is 22.1. The number of nitrogens with one attached hydrogen (secondary N) is 2. The van der Waals surface area contributed by atoms with Gasteiger partial charge in [0, 0.05) is 19.9 Å². The molecule has 25 heavy (non-hydrogen) atoms. The number of carbonyl (C=O) groups excluding carboxylic acids is 2. The molecule has 146 valence electrons. The Morgan fingerprint density at radius 3 is 2.12 bits per heavy atom. The molecule has 0 aromatic carbocycles. The molecule has 0 aromatic rings. The fourth-order valence-electron chi connectivity index (χ4n) is 2.52. The van der Waals surface area contributed by atoms with Gasteiger partial charge < -0.3 is 19.8 Å². The van der Waals surface area contributed by atoms with Crippen molar-refractivity contribution in [3.8, 4) is 0 Å². The van der Waals surface area contributed by atoms with Gasteiger partial charge in [0.1, 0.15) is 11.6 Å². The third-order valence-corrected chi connectivity index (χ3v) is 9.34. The van der Waals surface area contributed by atoms with E-state index in [4.69, 9.17) is 9.16 Å². The first-order valence-electron chi connectivity index (χ1n) is 9.03. The zero-order valence-corrected chi connectivity index (χ0v) is 18.3. The van der Waals surface area contributed by atoms with Gasteiger partial charge >= 0.3 is 5.97 Å². The van der Waals surface area contributed by atoms with Crippen molar-refractivity contribution < 1.29 is 18.8 Å². The topological polar surface area (TPSA) is 76.7 Å². The Labute approximate surface area is 153 Å². The third kappa shape index (κ3) is 6.71. The van der Waals surface area contributed by atoms with Gasteiger partial charge in [-0.1, -0.05) is 20.8 Å². The second-order valence-corrected chi connectivity index (χ2v) is 14.2. The van der Waals surface area contributed by atoms with E-state index in [1.165, 1.54) is 6.92 Å². The summed E-state index contributed by atoms with van der Waals surface area (Å²) in [5.74, 6) is -0.357. The van der Waals surface area contributed by atoms with Gasteiger partial charge in [-0.15, -0.1) is 0 Å². The molecule has 1 fully saturated rings. The largest absolute Gasteiger partial charge is 0.459 e. The number of amides is 1. The molecule has 0 bridgehead atoms. The number of hydrogen-bond acceptors (Lipinski definition) is 5. The van der Waals surface area contributed by atoms with Crippen LogP contribution in [0.1, 0.15) is 54.9 Å². The van der Waals surface area contributed by atoms with E-state index in [0.717, 1.165) is 0 Å². The maximum Gasteiger partial charge on any atom is 0.323 e. The van der Waals surface area contributed by atoms with E-state index in [1.807, 2.05) is 20.8 Å². The minimum Gasteiger partial charge on any atom is -0.459 e. The van der Waals surface area contributed by atoms with E-state index in [-0.39, 0.29) is 29.1 Å². The van der Waals surface area contributed by atoms with Gasteiger partial charge in [-0.2, -0.15) is 0 Å². The first-order valence-corrected chi connectivity index (χ1v) is 11.9. The van der Waals surface area contributed by atoms with E-state index in [1.54, 1.807) is 0 Å². The Bertz CT molecular complexity index is 494. The Hall–Kier alpha value is -0.923. The quantitative estimate of drug-likeness (QED) is 0.586. The maximum absolute atomic E-state index is 12.4. The summed E-state index contributed by atoms with van der Waals surface area (Å²) in [7, 11) is -2.03. The number of hydrogen-bond donors (Lipinski definition) is 2. The molecule has 0 unspecified atom stereocenters. The molecule has 1 aliphatic rings. The fraction of sp³-hybridized carbons (Fsp3) is 0.889. The van der Waals surface area contributed by atoms with E-state index >= 15 is 0 Å². The highest BCUT2D eigenvalue weighted by Crippen LogP contribution is 2.38. The second-order valence-electron chi connectivity index (χ2n) is 9.45. The molecule has 0 radical (unpaired) electrons. The summed E-state index contributed by atoms with van der Waals surface area (Å²) < 4.78 is 12.0. The van der Waals surface area contributed by atoms with Gasteiger partial charge in [0.25, 0.3) is 0 Å². The summed E-state index contributed by atoms with van der Waals surface area (Å²) in [4.78, 5) is 24.0. The Morgan fingerprint density at radius 2 is 1.68 bits per heavy atom. The summed E-state index contributed by atoms with van der Waals surface area (Å²) in [6.45, 7) is 18.5. The molecule has 1 aliphatic heterocycles. The Kier molecular flexibility index (Phi) is 6.86. The molecule has 6 nitrogen and oxygen atoms in total. The highest BCUT2D eigenvalue weighted by atomic mass is 28.4. The number of rotatable bonds is 4. The smallest absolute Gasteiger partial charge is 0.323 e. The maximum atomic E-state index is 12.4. The molecule has 0 aliphatic carbocycles. The van der Waals surface area contributed by atoms with Crippen LogP contribution in [0.3, 0.4) is 0 Å². The van der Waals surface area contributed by atoms with Crippen LogP contribution >= 0.6 is 0 Å². The monoisotopic (exact) mass is 372 g/mol. The summed E-state index contributed by atoms with van der Waals surface area (Å²) >= 11 is 0. The van der Waals surface area contributed by atoms with E-state index < -0.39 is 20.0 Å². The van der Waals surface area contributed by atoms with Crippen LogP contribution in [0.5, 0.6) is 0 Å². The lowest BCUT2D eigenvalue weighted by atomic mass is 9.97. The minimum atomic E-state index is -2.03. The molecule has 0 aromatic heterocycles. The lowest BCUT2D eigenvalue weighted by Gasteiger charge is -2.44. The molecular formula is C18H36N2O4Si. The minimum absolute atomic E-state index is 0.0556. The third-order valence-electron chi connectivity index (χ3n) is 4.83. The molecular weight excluding hydrogens is 336 g/mol. The molecule has 3 atom stereocenters. The van der Waals surface area contributed by atoms with Crippen LogP contribution in [-0.2, 0) is 18.8 Å². The standard InChI is InChI=1S/C18H36N2O4Si/c1-12(21)20-14-11-19-13(16(22)23-17(2,3)4)10-15(14)24-25(8,9)18(5,6)7/h13-15,19H,10-11H2,1-9H3,(H,20,21)/t13-,14-,15-/m0/s1. The van der Waals surface area contributed by atoms with Crippen molar-refractivity contribution in [1.29, 1.82) is 0 Å². The summed E-state index contributed by atoms with van der Waals surface area (Å²) in [6.07, 6.45) is 0.287. The van der Waals surface area contributed by atoms with Crippen molar-refractivity contribution >= 4 is 20.2 Å². The highest BCUT2D eigenvalue weighted by molar-refractivity contribution is 6.74. The van der Waals surface area contributed by atoms with Gasteiger partial charge in [-0.05, 0) is 38.9 Å². The van der Waals surface area contributed by atoms with Crippen LogP contribution in [0.2, 0.25) is 18.1 Å². The zero-order chi connectivity index (χ0) is 19.6. The van der Waals surface area contributed by atoms with Crippen LogP contribution in [-0.4, -0.2) is 50.5 Å². The molecule has 1 heterocycles. The molecule has 1 rings (SSSR count). The zero-order valence-electron chi connectivity index (χ0n) is 17.3. The molecule has 1 amide bonds. The second kappa shape index (κ2) is 7.76. The van der Waals surface area contributed by atoms with E-state index in [9.17, 15) is 9.59 Å². The Balaban J connectivity index is 2.92. The van der Waals surface area contributed by atoms with Crippen molar-refractivity contribution in [1.82, 2.24) is 10.6 Å². The number of carbonyl (C=O) groups is 2. The lowest BCUT2D eigenvalue weighted by Crippen LogP contribution is -2.62. The van der Waals surface area contributed by atoms with Crippen molar-refractivity contribution in [2.45, 2.75) is 96.8 Å². The van der Waals surface area contributed by atoms with Crippen LogP contribution in [0.25, 0.3) is 0 Å². The molecule has 0 saturated carbocycles. The van der Waals surface area contributed by atoms with Crippen LogP contribution in [0, 0.1) is 0 Å². The Morgan fingerprint density at radius 1 is 1.12 bits per heavy atom. The normalized spacial score (nSPS) is 25.4. The van der Waals surface area contributed by atoms with Gasteiger partial charge in [0.15, 0.2) is 8.32 Å². The van der Waals surface area contributed by atoms with E-state index in [0.29, 0.717) is 13.0 Å². The van der Waals surface area contributed by atoms with Crippen molar-refractivity contribution in [2.75, 3.05) is 6.54 Å². The summed E-state index contributed by atoms with van der Waals surface area (Å²) in [6, 6.07) is -0.565. The van der Waals surface area contributed by atoms with Gasteiger partial charge in [-0.3, -0.25) is 9.59 Å². The summed E-state index contributed by atoms with van der Waals surface area (Å²) in [5.41, 5.74) is -0.525.